The Kier molecular flexibility index (Phi) is 7.50. The molecule has 10 heteroatoms. The van der Waals surface area contributed by atoms with Crippen molar-refractivity contribution in [1.29, 1.82) is 0 Å². The number of rotatable bonds is 8. The smallest absolute Gasteiger partial charge is 0.305 e. The maximum Gasteiger partial charge on any atom is 0.305 e. The summed E-state index contributed by atoms with van der Waals surface area (Å²) >= 11 is 0. The van der Waals surface area contributed by atoms with Crippen molar-refractivity contribution in [2.75, 3.05) is 19.8 Å². The number of aliphatic hydroxyl groups excluding tert-OH is 3. The first-order chi connectivity index (χ1) is 9.97. The third-order valence-corrected chi connectivity index (χ3v) is 2.79. The van der Waals surface area contributed by atoms with Crippen LogP contribution in [0.4, 0.5) is 0 Å². The summed E-state index contributed by atoms with van der Waals surface area (Å²) in [4.78, 5) is 26.1. The molecule has 0 radical (unpaired) electrons. The van der Waals surface area contributed by atoms with Gasteiger partial charge in [-0.2, -0.15) is 0 Å². The Hall–Kier alpha value is -1.30. The van der Waals surface area contributed by atoms with Crippen LogP contribution in [0.3, 0.4) is 0 Å². The molecule has 0 aromatic rings. The number of hydroxylamine groups is 1. The van der Waals surface area contributed by atoms with Gasteiger partial charge in [-0.05, 0) is 0 Å². The molecule has 1 aliphatic heterocycles. The molecule has 0 bridgehead atoms. The van der Waals surface area contributed by atoms with E-state index in [9.17, 15) is 14.7 Å². The molecule has 0 aromatic heterocycles. The summed E-state index contributed by atoms with van der Waals surface area (Å²) < 4.78 is 10.4. The van der Waals surface area contributed by atoms with Crippen molar-refractivity contribution in [1.82, 2.24) is 5.48 Å². The molecule has 1 aliphatic rings. The van der Waals surface area contributed by atoms with Crippen molar-refractivity contribution in [3.05, 3.63) is 0 Å². The summed E-state index contributed by atoms with van der Waals surface area (Å²) in [6.07, 6.45) is -4.19. The summed E-state index contributed by atoms with van der Waals surface area (Å²) in [5, 5.41) is 36.1. The Bertz CT molecular complexity index is 351. The van der Waals surface area contributed by atoms with Crippen LogP contribution >= 0.6 is 0 Å². The van der Waals surface area contributed by atoms with Gasteiger partial charge in [-0.25, -0.2) is 10.3 Å². The molecular weight excluding hydrogens is 290 g/mol. The van der Waals surface area contributed by atoms with E-state index in [1.807, 2.05) is 5.48 Å². The van der Waals surface area contributed by atoms with E-state index in [1.165, 1.54) is 0 Å². The van der Waals surface area contributed by atoms with Gasteiger partial charge in [0.05, 0.1) is 25.7 Å². The Balaban J connectivity index is 2.51. The summed E-state index contributed by atoms with van der Waals surface area (Å²) in [6.45, 7) is -1.39. The Labute approximate surface area is 120 Å². The monoisotopic (exact) mass is 309 g/mol. The number of hydrogen-bond acceptors (Lipinski definition) is 8. The average Bonchev–Trinajstić information content (AvgIpc) is 2.46. The molecule has 1 amide bonds. The first-order valence-electron chi connectivity index (χ1n) is 6.31. The molecule has 1 saturated heterocycles. The van der Waals surface area contributed by atoms with Gasteiger partial charge in [-0.3, -0.25) is 9.59 Å². The average molecular weight is 309 g/mol. The van der Waals surface area contributed by atoms with Crippen molar-refractivity contribution in [2.24, 2.45) is 0 Å². The summed E-state index contributed by atoms with van der Waals surface area (Å²) in [5.41, 5.74) is 1.93. The second kappa shape index (κ2) is 8.87. The number of carboxylic acid groups (broad SMARTS) is 1. The highest BCUT2D eigenvalue weighted by molar-refractivity contribution is 5.75. The van der Waals surface area contributed by atoms with Gasteiger partial charge in [0.15, 0.2) is 6.29 Å². The fraction of sp³-hybridized carbons (Fsp3) is 0.818. The van der Waals surface area contributed by atoms with E-state index >= 15 is 0 Å². The first-order valence-corrected chi connectivity index (χ1v) is 6.31. The molecule has 0 saturated carbocycles. The van der Waals surface area contributed by atoms with Crippen molar-refractivity contribution in [2.45, 2.75) is 37.4 Å². The van der Waals surface area contributed by atoms with Gasteiger partial charge < -0.3 is 29.9 Å². The van der Waals surface area contributed by atoms with Gasteiger partial charge in [-0.15, -0.1) is 0 Å². The van der Waals surface area contributed by atoms with Crippen LogP contribution in [0.15, 0.2) is 0 Å². The normalized spacial score (nSPS) is 29.1. The number of hydrogen-bond donors (Lipinski definition) is 5. The van der Waals surface area contributed by atoms with E-state index in [2.05, 4.69) is 0 Å². The molecular formula is C11H19NO9. The zero-order chi connectivity index (χ0) is 15.8. The lowest BCUT2D eigenvalue weighted by molar-refractivity contribution is -0.278. The van der Waals surface area contributed by atoms with E-state index in [0.29, 0.717) is 0 Å². The van der Waals surface area contributed by atoms with E-state index in [-0.39, 0.29) is 19.4 Å². The number of amides is 1. The third-order valence-electron chi connectivity index (χ3n) is 2.79. The number of carbonyl (C=O) groups is 2. The maximum absolute atomic E-state index is 10.9. The first kappa shape index (κ1) is 17.8. The van der Waals surface area contributed by atoms with Gasteiger partial charge in [-0.1, -0.05) is 0 Å². The number of carbonyl (C=O) groups excluding carboxylic acids is 1. The van der Waals surface area contributed by atoms with Crippen LogP contribution in [0.5, 0.6) is 0 Å². The lowest BCUT2D eigenvalue weighted by Crippen LogP contribution is -2.53. The summed E-state index contributed by atoms with van der Waals surface area (Å²) in [5.74, 6) is -1.83. The van der Waals surface area contributed by atoms with Crippen LogP contribution in [-0.4, -0.2) is 76.7 Å². The minimum absolute atomic E-state index is 0.0169. The number of aliphatic carboxylic acids is 1. The second-order valence-corrected chi connectivity index (χ2v) is 4.37. The molecule has 1 fully saturated rings. The largest absolute Gasteiger partial charge is 0.481 e. The Morgan fingerprint density at radius 1 is 1.33 bits per heavy atom. The van der Waals surface area contributed by atoms with Crippen LogP contribution in [0, 0.1) is 0 Å². The van der Waals surface area contributed by atoms with Gasteiger partial charge in [0.1, 0.15) is 18.8 Å². The Morgan fingerprint density at radius 2 is 2.05 bits per heavy atom. The molecule has 0 unspecified atom stereocenters. The maximum atomic E-state index is 10.9. The lowest BCUT2D eigenvalue weighted by Gasteiger charge is -2.37. The number of nitrogens with one attached hydrogen (secondary N) is 1. The topological polar surface area (TPSA) is 155 Å². The van der Waals surface area contributed by atoms with Crippen molar-refractivity contribution in [3.8, 4) is 0 Å². The zero-order valence-corrected chi connectivity index (χ0v) is 11.2. The van der Waals surface area contributed by atoms with Crippen molar-refractivity contribution < 1.29 is 44.3 Å². The molecule has 1 heterocycles. The molecule has 5 N–H and O–H groups in total. The number of aliphatic hydroxyl groups is 3. The summed E-state index contributed by atoms with van der Waals surface area (Å²) in [7, 11) is 0. The molecule has 0 aliphatic carbocycles. The van der Waals surface area contributed by atoms with E-state index in [1.54, 1.807) is 0 Å². The fourth-order valence-corrected chi connectivity index (χ4v) is 1.75. The molecule has 21 heavy (non-hydrogen) atoms. The number of carboxylic acids is 1. The van der Waals surface area contributed by atoms with Crippen LogP contribution in [0.2, 0.25) is 0 Å². The predicted molar refractivity (Wildman–Crippen MR) is 64.7 cm³/mol. The fourth-order valence-electron chi connectivity index (χ4n) is 1.75. The molecule has 4 atom stereocenters. The van der Waals surface area contributed by atoms with E-state index in [0.717, 1.165) is 0 Å². The van der Waals surface area contributed by atoms with Crippen LogP contribution in [0.1, 0.15) is 12.8 Å². The van der Waals surface area contributed by atoms with E-state index in [4.69, 9.17) is 29.6 Å². The molecule has 0 spiro atoms. The standard InChI is InChI=1S/C11H19NO9/c13-4-7-11(18)6(19-2-1-9(16)17)3-10(20-7)21-12-8(15)5-14/h6-7,10-11,13-14,18H,1-5H2,(H,12,15)(H,16,17)/t6-,7-,10-,11+/m1/s1. The minimum Gasteiger partial charge on any atom is -0.481 e. The van der Waals surface area contributed by atoms with Crippen molar-refractivity contribution in [3.63, 3.8) is 0 Å². The quantitative estimate of drug-likeness (QED) is 0.302. The molecule has 122 valence electrons. The second-order valence-electron chi connectivity index (χ2n) is 4.37. The van der Waals surface area contributed by atoms with Gasteiger partial charge in [0.25, 0.3) is 5.91 Å². The van der Waals surface area contributed by atoms with Crippen LogP contribution in [-0.2, 0) is 23.9 Å². The minimum atomic E-state index is -1.16. The van der Waals surface area contributed by atoms with Crippen molar-refractivity contribution >= 4 is 11.9 Å². The molecule has 0 aromatic carbocycles. The van der Waals surface area contributed by atoms with Crippen LogP contribution in [0.25, 0.3) is 0 Å². The highest BCUT2D eigenvalue weighted by Gasteiger charge is 2.39. The van der Waals surface area contributed by atoms with Gasteiger partial charge >= 0.3 is 5.97 Å². The third kappa shape index (κ3) is 5.91. The van der Waals surface area contributed by atoms with E-state index < -0.39 is 49.7 Å². The van der Waals surface area contributed by atoms with Gasteiger partial charge in [0, 0.05) is 6.42 Å². The molecule has 10 nitrogen and oxygen atoms in total. The highest BCUT2D eigenvalue weighted by atomic mass is 16.8. The lowest BCUT2D eigenvalue weighted by atomic mass is 10.0. The SMILES string of the molecule is O=C(O)CCO[C@@H]1C[C@@H](ONC(=O)CO)O[C@H](CO)[C@H]1O. The molecule has 1 rings (SSSR count). The highest BCUT2D eigenvalue weighted by Crippen LogP contribution is 2.23. The van der Waals surface area contributed by atoms with Crippen LogP contribution < -0.4 is 5.48 Å². The number of ether oxygens (including phenoxy) is 2. The predicted octanol–water partition coefficient (Wildman–Crippen LogP) is -2.65. The zero-order valence-electron chi connectivity index (χ0n) is 11.2. The van der Waals surface area contributed by atoms with Gasteiger partial charge in [0.2, 0.25) is 0 Å². The summed E-state index contributed by atoms with van der Waals surface area (Å²) in [6, 6.07) is 0. The Morgan fingerprint density at radius 3 is 2.62 bits per heavy atom.